The second-order valence-electron chi connectivity index (χ2n) is 10.6. The van der Waals surface area contributed by atoms with E-state index in [1.807, 2.05) is 0 Å². The van der Waals surface area contributed by atoms with Crippen LogP contribution < -0.4 is 0 Å². The molecular weight excluding hydrogens is 360 g/mol. The quantitative estimate of drug-likeness (QED) is 0.236. The largest absolute Gasteiger partial charge is 0.550 e. The predicted molar refractivity (Wildman–Crippen MR) is 106 cm³/mol. The van der Waals surface area contributed by atoms with Crippen LogP contribution in [0.5, 0.6) is 0 Å². The molecule has 0 spiro atoms. The molecule has 6 heteroatoms. The number of carbonyl (C=O) groups excluding carboxylic acids is 2. The zero-order chi connectivity index (χ0) is 20.9. The van der Waals surface area contributed by atoms with Crippen LogP contribution in [0.1, 0.15) is 92.9 Å². The maximum Gasteiger partial charge on any atom is 0.550 e. The van der Waals surface area contributed by atoms with Gasteiger partial charge >= 0.3 is 12.3 Å². The third-order valence-corrected chi connectivity index (χ3v) is 6.48. The Labute approximate surface area is 169 Å². The molecule has 2 aliphatic carbocycles. The number of carbonyl (C=O) groups is 2. The summed E-state index contributed by atoms with van der Waals surface area (Å²) in [5.41, 5.74) is 0.541. The fourth-order valence-corrected chi connectivity index (χ4v) is 4.42. The first kappa shape index (κ1) is 23.0. The Morgan fingerprint density at radius 2 is 1.07 bits per heavy atom. The van der Waals surface area contributed by atoms with Gasteiger partial charge in [-0.3, -0.25) is 4.89 Å². The van der Waals surface area contributed by atoms with Gasteiger partial charge in [0.15, 0.2) is 0 Å². The summed E-state index contributed by atoms with van der Waals surface area (Å²) in [7, 11) is 0. The SMILES string of the molecule is CC(C)(C)C1CCC(OOC(=O)OC(=O)OC2CCC(C(C)(C)C)CC2)CC1. The lowest BCUT2D eigenvalue weighted by Gasteiger charge is -2.36. The topological polar surface area (TPSA) is 71.1 Å². The highest BCUT2D eigenvalue weighted by Crippen LogP contribution is 2.39. The first-order chi connectivity index (χ1) is 12.9. The first-order valence-corrected chi connectivity index (χ1v) is 10.7. The van der Waals surface area contributed by atoms with Gasteiger partial charge in [-0.25, -0.2) is 9.59 Å². The van der Waals surface area contributed by atoms with Crippen molar-refractivity contribution in [2.24, 2.45) is 22.7 Å². The lowest BCUT2D eigenvalue weighted by Crippen LogP contribution is -2.31. The maximum absolute atomic E-state index is 11.8. The summed E-state index contributed by atoms with van der Waals surface area (Å²) in [6.45, 7) is 13.4. The fourth-order valence-electron chi connectivity index (χ4n) is 4.42. The first-order valence-electron chi connectivity index (χ1n) is 10.7. The maximum atomic E-state index is 11.8. The van der Waals surface area contributed by atoms with Crippen LogP contribution in [0, 0.1) is 22.7 Å². The van der Waals surface area contributed by atoms with Crippen molar-refractivity contribution in [1.29, 1.82) is 0 Å². The minimum atomic E-state index is -1.16. The Bertz CT molecular complexity index is 514. The lowest BCUT2D eigenvalue weighted by molar-refractivity contribution is -0.290. The van der Waals surface area contributed by atoms with E-state index < -0.39 is 12.3 Å². The monoisotopic (exact) mass is 398 g/mol. The van der Waals surface area contributed by atoms with Crippen LogP contribution in [0.4, 0.5) is 9.59 Å². The number of hydrogen-bond acceptors (Lipinski definition) is 6. The molecule has 0 aliphatic heterocycles. The van der Waals surface area contributed by atoms with Gasteiger partial charge in [0.2, 0.25) is 0 Å². The zero-order valence-electron chi connectivity index (χ0n) is 18.4. The van der Waals surface area contributed by atoms with E-state index in [4.69, 9.17) is 9.62 Å². The van der Waals surface area contributed by atoms with Crippen molar-refractivity contribution >= 4 is 12.3 Å². The van der Waals surface area contributed by atoms with Gasteiger partial charge in [-0.15, -0.1) is 0 Å². The number of ether oxygens (including phenoxy) is 2. The molecule has 0 amide bonds. The summed E-state index contributed by atoms with van der Waals surface area (Å²) in [6.07, 6.45) is 4.81. The Balaban J connectivity index is 1.61. The Morgan fingerprint density at radius 1 is 0.643 bits per heavy atom. The summed E-state index contributed by atoms with van der Waals surface area (Å²) in [5, 5.41) is 0. The normalized spacial score (nSPS) is 29.1. The highest BCUT2D eigenvalue weighted by atomic mass is 17.2. The predicted octanol–water partition coefficient (Wildman–Crippen LogP) is 6.42. The Morgan fingerprint density at radius 3 is 1.50 bits per heavy atom. The van der Waals surface area contributed by atoms with Crippen LogP contribution in [0.2, 0.25) is 0 Å². The van der Waals surface area contributed by atoms with Crippen molar-refractivity contribution < 1.29 is 28.8 Å². The lowest BCUT2D eigenvalue weighted by atomic mass is 9.72. The van der Waals surface area contributed by atoms with Gasteiger partial charge in [0.25, 0.3) is 0 Å². The summed E-state index contributed by atoms with van der Waals surface area (Å²) < 4.78 is 9.82. The average Bonchev–Trinajstić information content (AvgIpc) is 2.59. The summed E-state index contributed by atoms with van der Waals surface area (Å²) in [5.74, 6) is 1.26. The molecule has 0 unspecified atom stereocenters. The molecule has 28 heavy (non-hydrogen) atoms. The highest BCUT2D eigenvalue weighted by molar-refractivity contribution is 5.76. The molecule has 6 nitrogen and oxygen atoms in total. The molecule has 0 aromatic carbocycles. The Hall–Kier alpha value is -1.30. The second-order valence-corrected chi connectivity index (χ2v) is 10.6. The van der Waals surface area contributed by atoms with Crippen LogP contribution in [-0.4, -0.2) is 24.5 Å². The highest BCUT2D eigenvalue weighted by Gasteiger charge is 2.33. The molecule has 0 saturated heterocycles. The second kappa shape index (κ2) is 9.47. The van der Waals surface area contributed by atoms with Gasteiger partial charge in [0.1, 0.15) is 12.2 Å². The van der Waals surface area contributed by atoms with Crippen molar-refractivity contribution in [3.8, 4) is 0 Å². The van der Waals surface area contributed by atoms with Gasteiger partial charge in [-0.05, 0) is 74.0 Å². The molecular formula is C22H38O6. The minimum Gasteiger partial charge on any atom is -0.431 e. The van der Waals surface area contributed by atoms with Gasteiger partial charge in [0, 0.05) is 0 Å². The van der Waals surface area contributed by atoms with Crippen molar-refractivity contribution in [1.82, 2.24) is 0 Å². The summed E-state index contributed by atoms with van der Waals surface area (Å²) in [4.78, 5) is 33.3. The average molecular weight is 399 g/mol. The van der Waals surface area contributed by atoms with E-state index >= 15 is 0 Å². The molecule has 0 atom stereocenters. The van der Waals surface area contributed by atoms with Crippen molar-refractivity contribution in [2.45, 2.75) is 105 Å². The Kier molecular flexibility index (Phi) is 7.77. The van der Waals surface area contributed by atoms with E-state index in [2.05, 4.69) is 51.2 Å². The third kappa shape index (κ3) is 7.26. The van der Waals surface area contributed by atoms with Gasteiger partial charge < -0.3 is 9.47 Å². The van der Waals surface area contributed by atoms with Gasteiger partial charge in [-0.2, -0.15) is 4.89 Å². The molecule has 2 rings (SSSR count). The van der Waals surface area contributed by atoms with E-state index in [1.54, 1.807) is 0 Å². The van der Waals surface area contributed by atoms with Crippen molar-refractivity contribution in [2.75, 3.05) is 0 Å². The molecule has 0 heterocycles. The van der Waals surface area contributed by atoms with Crippen LogP contribution in [-0.2, 0) is 19.2 Å². The van der Waals surface area contributed by atoms with Crippen molar-refractivity contribution in [3.63, 3.8) is 0 Å². The molecule has 2 fully saturated rings. The van der Waals surface area contributed by atoms with E-state index in [9.17, 15) is 9.59 Å². The summed E-state index contributed by atoms with van der Waals surface area (Å²) in [6, 6.07) is 0. The summed E-state index contributed by atoms with van der Waals surface area (Å²) >= 11 is 0. The van der Waals surface area contributed by atoms with E-state index in [0.29, 0.717) is 11.8 Å². The molecule has 0 radical (unpaired) electrons. The fraction of sp³-hybridized carbons (Fsp3) is 0.909. The molecule has 0 aromatic heterocycles. The molecule has 0 bridgehead atoms. The van der Waals surface area contributed by atoms with E-state index in [-0.39, 0.29) is 23.0 Å². The van der Waals surface area contributed by atoms with Crippen LogP contribution in [0.15, 0.2) is 0 Å². The van der Waals surface area contributed by atoms with Crippen molar-refractivity contribution in [3.05, 3.63) is 0 Å². The minimum absolute atomic E-state index is 0.144. The third-order valence-electron chi connectivity index (χ3n) is 6.48. The molecule has 2 aliphatic rings. The zero-order valence-corrected chi connectivity index (χ0v) is 18.4. The molecule has 2 saturated carbocycles. The van der Waals surface area contributed by atoms with E-state index in [1.165, 1.54) is 0 Å². The standard InChI is InChI=1S/C22H38O6/c1-21(2,3)15-7-11-17(12-8-15)25-19(23)26-20(24)28-27-18-13-9-16(10-14-18)22(4,5)6/h15-18H,7-14H2,1-6H3. The molecule has 0 N–H and O–H groups in total. The van der Waals surface area contributed by atoms with Crippen LogP contribution >= 0.6 is 0 Å². The van der Waals surface area contributed by atoms with Gasteiger partial charge in [0.05, 0.1) is 0 Å². The molecule has 0 aromatic rings. The molecule has 162 valence electrons. The smallest absolute Gasteiger partial charge is 0.431 e. The van der Waals surface area contributed by atoms with Gasteiger partial charge in [-0.1, -0.05) is 41.5 Å². The number of rotatable bonds is 3. The van der Waals surface area contributed by atoms with Crippen LogP contribution in [0.25, 0.3) is 0 Å². The van der Waals surface area contributed by atoms with Crippen LogP contribution in [0.3, 0.4) is 0 Å². The van der Waals surface area contributed by atoms with E-state index in [0.717, 1.165) is 51.4 Å². The number of hydrogen-bond donors (Lipinski definition) is 0.